The molecule has 4 aromatic rings. The van der Waals surface area contributed by atoms with E-state index in [-0.39, 0.29) is 5.69 Å². The van der Waals surface area contributed by atoms with Crippen LogP contribution in [0.15, 0.2) is 67.0 Å². The number of hydrogen-bond donors (Lipinski definition) is 4. The van der Waals surface area contributed by atoms with Crippen molar-refractivity contribution in [1.82, 2.24) is 15.3 Å². The number of rotatable bonds is 5. The first kappa shape index (κ1) is 21.4. The third-order valence-corrected chi connectivity index (χ3v) is 4.89. The minimum absolute atomic E-state index is 0.246. The highest BCUT2D eigenvalue weighted by atomic mass is 19.4. The summed E-state index contributed by atoms with van der Waals surface area (Å²) in [6.07, 6.45) is -1.06. The lowest BCUT2D eigenvalue weighted by Gasteiger charge is -2.10. The van der Waals surface area contributed by atoms with Gasteiger partial charge in [0.2, 0.25) is 0 Å². The molecular formula is C23H20F3N5O. The number of alkyl halides is 3. The van der Waals surface area contributed by atoms with Crippen LogP contribution in [-0.2, 0) is 12.7 Å². The molecule has 0 aliphatic heterocycles. The van der Waals surface area contributed by atoms with E-state index in [2.05, 4.69) is 32.0 Å². The van der Waals surface area contributed by atoms with E-state index >= 15 is 0 Å². The molecule has 9 heteroatoms. The Morgan fingerprint density at radius 2 is 1.81 bits per heavy atom. The van der Waals surface area contributed by atoms with Gasteiger partial charge < -0.3 is 20.9 Å². The van der Waals surface area contributed by atoms with Crippen LogP contribution in [-0.4, -0.2) is 23.0 Å². The highest BCUT2D eigenvalue weighted by molar-refractivity contribution is 6.05. The predicted octanol–water partition coefficient (Wildman–Crippen LogP) is 5.61. The summed E-state index contributed by atoms with van der Waals surface area (Å²) in [5.41, 5.74) is 3.59. The molecule has 0 bridgehead atoms. The van der Waals surface area contributed by atoms with Crippen molar-refractivity contribution in [2.75, 3.05) is 17.7 Å². The number of nitrogens with one attached hydrogen (secondary N) is 4. The van der Waals surface area contributed by atoms with Crippen LogP contribution in [0.3, 0.4) is 0 Å². The van der Waals surface area contributed by atoms with Gasteiger partial charge in [0.15, 0.2) is 0 Å². The minimum Gasteiger partial charge on any atom is -0.344 e. The molecule has 0 atom stereocenters. The number of nitrogens with zero attached hydrogens (tertiary/aromatic N) is 1. The van der Waals surface area contributed by atoms with Crippen molar-refractivity contribution in [2.24, 2.45) is 0 Å². The topological polar surface area (TPSA) is 81.8 Å². The van der Waals surface area contributed by atoms with Gasteiger partial charge >= 0.3 is 12.2 Å². The minimum atomic E-state index is -4.43. The van der Waals surface area contributed by atoms with Crippen molar-refractivity contribution in [1.29, 1.82) is 0 Å². The monoisotopic (exact) mass is 439 g/mol. The molecule has 0 saturated carbocycles. The number of fused-ring (bicyclic) bond motifs is 1. The van der Waals surface area contributed by atoms with Gasteiger partial charge in [0.05, 0.1) is 11.3 Å². The summed E-state index contributed by atoms with van der Waals surface area (Å²) in [5, 5.41) is 9.08. The predicted molar refractivity (Wildman–Crippen MR) is 118 cm³/mol. The van der Waals surface area contributed by atoms with E-state index in [0.29, 0.717) is 16.7 Å². The smallest absolute Gasteiger partial charge is 0.344 e. The van der Waals surface area contributed by atoms with E-state index in [1.54, 1.807) is 12.4 Å². The average molecular weight is 439 g/mol. The number of hydrogen-bond acceptors (Lipinski definition) is 3. The van der Waals surface area contributed by atoms with Crippen LogP contribution < -0.4 is 16.0 Å². The number of halogens is 3. The Morgan fingerprint density at radius 1 is 1.03 bits per heavy atom. The summed E-state index contributed by atoms with van der Waals surface area (Å²) in [6.45, 7) is 0.741. The van der Waals surface area contributed by atoms with Gasteiger partial charge in [-0.3, -0.25) is 0 Å². The first-order valence-corrected chi connectivity index (χ1v) is 9.80. The Bertz CT molecular complexity index is 1250. The van der Waals surface area contributed by atoms with Crippen LogP contribution >= 0.6 is 0 Å². The number of amides is 2. The normalized spacial score (nSPS) is 11.5. The molecule has 0 fully saturated rings. The second kappa shape index (κ2) is 8.72. The van der Waals surface area contributed by atoms with Gasteiger partial charge in [0, 0.05) is 35.6 Å². The van der Waals surface area contributed by atoms with E-state index in [0.717, 1.165) is 35.4 Å². The van der Waals surface area contributed by atoms with E-state index < -0.39 is 17.8 Å². The molecule has 0 aliphatic carbocycles. The SMILES string of the molecule is CNCc1cccc(-c2cnc3[nH]cc(NC(=O)Nc4ccc(C(F)(F)F)cc4)c3c2)c1. The van der Waals surface area contributed by atoms with Gasteiger partial charge in [-0.25, -0.2) is 9.78 Å². The van der Waals surface area contributed by atoms with Crippen LogP contribution in [0, 0.1) is 0 Å². The maximum atomic E-state index is 12.7. The second-order valence-electron chi connectivity index (χ2n) is 7.21. The summed E-state index contributed by atoms with van der Waals surface area (Å²) < 4.78 is 38.1. The summed E-state index contributed by atoms with van der Waals surface area (Å²) in [6, 6.07) is 13.6. The Morgan fingerprint density at radius 3 is 2.53 bits per heavy atom. The van der Waals surface area contributed by atoms with E-state index in [9.17, 15) is 18.0 Å². The van der Waals surface area contributed by atoms with Crippen molar-refractivity contribution in [3.63, 3.8) is 0 Å². The largest absolute Gasteiger partial charge is 0.416 e. The second-order valence-corrected chi connectivity index (χ2v) is 7.21. The standard InChI is InChI=1S/C23H20F3N5O/c1-27-11-14-3-2-4-15(9-14)16-10-19-20(13-29-21(19)28-12-16)31-22(32)30-18-7-5-17(6-8-18)23(24,25)26/h2-10,12-13,27H,11H2,1H3,(H,28,29)(H2,30,31,32). The summed E-state index contributed by atoms with van der Waals surface area (Å²) in [7, 11) is 1.88. The van der Waals surface area contributed by atoms with Crippen LogP contribution in [0.1, 0.15) is 11.1 Å². The molecule has 32 heavy (non-hydrogen) atoms. The molecule has 4 rings (SSSR count). The van der Waals surface area contributed by atoms with E-state index in [1.165, 1.54) is 12.1 Å². The molecule has 2 aromatic carbocycles. The van der Waals surface area contributed by atoms with Gasteiger partial charge in [-0.15, -0.1) is 0 Å². The Labute approximate surface area is 181 Å². The molecule has 0 saturated heterocycles. The molecule has 0 radical (unpaired) electrons. The first-order valence-electron chi connectivity index (χ1n) is 9.80. The lowest BCUT2D eigenvalue weighted by molar-refractivity contribution is -0.137. The number of aromatic amines is 1. The fraction of sp³-hybridized carbons (Fsp3) is 0.130. The Balaban J connectivity index is 1.52. The number of urea groups is 1. The number of carbonyl (C=O) groups is 1. The number of anilines is 2. The summed E-state index contributed by atoms with van der Waals surface area (Å²) in [4.78, 5) is 19.8. The molecule has 0 unspecified atom stereocenters. The lowest BCUT2D eigenvalue weighted by Crippen LogP contribution is -2.19. The summed E-state index contributed by atoms with van der Waals surface area (Å²) in [5.74, 6) is 0. The maximum absolute atomic E-state index is 12.7. The molecule has 6 nitrogen and oxygen atoms in total. The number of aromatic nitrogens is 2. The number of H-pyrrole nitrogens is 1. The van der Waals surface area contributed by atoms with Gasteiger partial charge in [-0.1, -0.05) is 18.2 Å². The van der Waals surface area contributed by atoms with E-state index in [4.69, 9.17) is 0 Å². The van der Waals surface area contributed by atoms with Gasteiger partial charge in [0.1, 0.15) is 5.65 Å². The summed E-state index contributed by atoms with van der Waals surface area (Å²) >= 11 is 0. The average Bonchev–Trinajstić information content (AvgIpc) is 3.16. The molecule has 2 heterocycles. The quantitative estimate of drug-likeness (QED) is 0.326. The fourth-order valence-corrected chi connectivity index (χ4v) is 3.36. The highest BCUT2D eigenvalue weighted by Gasteiger charge is 2.30. The molecule has 0 spiro atoms. The Kier molecular flexibility index (Phi) is 5.83. The van der Waals surface area contributed by atoms with Crippen molar-refractivity contribution in [3.8, 4) is 11.1 Å². The number of carbonyl (C=O) groups excluding carboxylic acids is 1. The maximum Gasteiger partial charge on any atom is 0.416 e. The fourth-order valence-electron chi connectivity index (χ4n) is 3.36. The van der Waals surface area contributed by atoms with Crippen LogP contribution in [0.5, 0.6) is 0 Å². The lowest BCUT2D eigenvalue weighted by atomic mass is 10.0. The van der Waals surface area contributed by atoms with Crippen molar-refractivity contribution in [2.45, 2.75) is 12.7 Å². The molecular weight excluding hydrogens is 419 g/mol. The van der Waals surface area contributed by atoms with Crippen molar-refractivity contribution in [3.05, 3.63) is 78.1 Å². The third-order valence-electron chi connectivity index (χ3n) is 4.89. The zero-order valence-corrected chi connectivity index (χ0v) is 17.0. The molecule has 0 aliphatic rings. The van der Waals surface area contributed by atoms with Crippen LogP contribution in [0.2, 0.25) is 0 Å². The number of benzene rings is 2. The Hall–Kier alpha value is -3.85. The molecule has 2 aromatic heterocycles. The van der Waals surface area contributed by atoms with Crippen LogP contribution in [0.25, 0.3) is 22.2 Å². The van der Waals surface area contributed by atoms with Gasteiger partial charge in [-0.05, 0) is 54.6 Å². The van der Waals surface area contributed by atoms with Crippen molar-refractivity contribution < 1.29 is 18.0 Å². The van der Waals surface area contributed by atoms with E-state index in [1.807, 2.05) is 31.3 Å². The van der Waals surface area contributed by atoms with Crippen molar-refractivity contribution >= 4 is 28.4 Å². The zero-order chi connectivity index (χ0) is 22.7. The van der Waals surface area contributed by atoms with Gasteiger partial charge in [0.25, 0.3) is 0 Å². The molecule has 4 N–H and O–H groups in total. The molecule has 164 valence electrons. The van der Waals surface area contributed by atoms with Gasteiger partial charge in [-0.2, -0.15) is 13.2 Å². The number of pyridine rings is 1. The molecule has 2 amide bonds. The third kappa shape index (κ3) is 4.73. The van der Waals surface area contributed by atoms with Crippen LogP contribution in [0.4, 0.5) is 29.3 Å². The first-order chi connectivity index (χ1) is 15.3. The zero-order valence-electron chi connectivity index (χ0n) is 17.0. The highest BCUT2D eigenvalue weighted by Crippen LogP contribution is 2.30.